The second kappa shape index (κ2) is 17.5. The molecule has 10 atom stereocenters. The van der Waals surface area contributed by atoms with E-state index < -0.39 is 73.6 Å². The maximum Gasteiger partial charge on any atom is 0.384 e. The van der Waals surface area contributed by atoms with Crippen LogP contribution in [0.5, 0.6) is 28.7 Å². The van der Waals surface area contributed by atoms with Crippen molar-refractivity contribution in [3.8, 4) is 28.7 Å². The second-order valence-electron chi connectivity index (χ2n) is 13.2. The number of ether oxygens (including phenoxy) is 9. The van der Waals surface area contributed by atoms with E-state index in [1.165, 1.54) is 14.2 Å². The Morgan fingerprint density at radius 2 is 1.65 bits per heavy atom. The molecule has 18 nitrogen and oxygen atoms in total. The Labute approximate surface area is 315 Å². The number of phenolic OH excluding ortho intramolecular Hbond substituents is 1. The summed E-state index contributed by atoms with van der Waals surface area (Å²) in [4.78, 5) is 30.3. The molecule has 0 aromatic heterocycles. The van der Waals surface area contributed by atoms with Gasteiger partial charge in [0.25, 0.3) is 0 Å². The predicted octanol–water partition coefficient (Wildman–Crippen LogP) is 1.09. The molecule has 5 aliphatic rings. The van der Waals surface area contributed by atoms with Crippen LogP contribution in [0.2, 0.25) is 0 Å². The summed E-state index contributed by atoms with van der Waals surface area (Å²) in [5.74, 6) is -0.599. The first-order valence-corrected chi connectivity index (χ1v) is 20.6. The molecule has 2 aromatic rings. The van der Waals surface area contributed by atoms with Gasteiger partial charge in [-0.15, -0.1) is 0 Å². The Morgan fingerprint density at radius 3 is 2.30 bits per heavy atom. The number of hydrogen-bond acceptors (Lipinski definition) is 17. The quantitative estimate of drug-likeness (QED) is 0.0900. The summed E-state index contributed by atoms with van der Waals surface area (Å²) < 4.78 is 61.9. The first kappa shape index (κ1) is 40.7. The number of aliphatic hydroxyl groups is 2. The van der Waals surface area contributed by atoms with Gasteiger partial charge in [-0.2, -0.15) is 0 Å². The summed E-state index contributed by atoms with van der Waals surface area (Å²) in [6.07, 6.45) is -5.91. The van der Waals surface area contributed by atoms with Crippen LogP contribution in [-0.2, 0) is 33.0 Å². The highest BCUT2D eigenvalue weighted by Gasteiger charge is 2.56. The average molecular weight is 803 g/mol. The van der Waals surface area contributed by atoms with Crippen molar-refractivity contribution < 1.29 is 77.1 Å². The van der Waals surface area contributed by atoms with E-state index >= 15 is 0 Å². The minimum atomic E-state index is -3.87. The largest absolute Gasteiger partial charge is 0.502 e. The van der Waals surface area contributed by atoms with Gasteiger partial charge in [-0.25, -0.2) is 4.57 Å². The molecule has 1 aliphatic carbocycles. The van der Waals surface area contributed by atoms with Gasteiger partial charge in [0.15, 0.2) is 35.6 Å². The third-order valence-electron chi connectivity index (χ3n) is 9.84. The highest BCUT2D eigenvalue weighted by atomic mass is 32.7. The van der Waals surface area contributed by atoms with Gasteiger partial charge < -0.3 is 78.8 Å². The van der Waals surface area contributed by atoms with Crippen molar-refractivity contribution in [2.75, 3.05) is 59.6 Å². The molecule has 0 amide bonds. The summed E-state index contributed by atoms with van der Waals surface area (Å²) in [7, 11) is 2.86. The first-order chi connectivity index (χ1) is 25.8. The van der Waals surface area contributed by atoms with Crippen LogP contribution < -0.4 is 30.0 Å². The fourth-order valence-corrected chi connectivity index (χ4v) is 8.79. The number of carbonyl (C=O) groups is 1. The van der Waals surface area contributed by atoms with E-state index in [9.17, 15) is 24.7 Å². The maximum absolute atomic E-state index is 13.4. The van der Waals surface area contributed by atoms with Crippen molar-refractivity contribution in [3.05, 3.63) is 41.0 Å². The molecule has 0 spiro atoms. The molecule has 0 radical (unpaired) electrons. The van der Waals surface area contributed by atoms with Gasteiger partial charge in [0.2, 0.25) is 12.5 Å². The first-order valence-electron chi connectivity index (χ1n) is 17.4. The van der Waals surface area contributed by atoms with E-state index in [-0.39, 0.29) is 37.3 Å². The van der Waals surface area contributed by atoms with Gasteiger partial charge in [-0.05, 0) is 78.8 Å². The number of benzene rings is 2. The predicted molar refractivity (Wildman–Crippen MR) is 189 cm³/mol. The van der Waals surface area contributed by atoms with Crippen LogP contribution in [0, 0.1) is 11.8 Å². The minimum Gasteiger partial charge on any atom is -0.502 e. The highest BCUT2D eigenvalue weighted by Crippen LogP contribution is 2.57. The minimum absolute atomic E-state index is 0.0301. The lowest BCUT2D eigenvalue weighted by atomic mass is 9.66. The van der Waals surface area contributed by atoms with E-state index in [2.05, 4.69) is 5.32 Å². The number of nitrogens with two attached hydrogens (primary N) is 1. The number of nitrogens with one attached hydrogen (secondary N) is 1. The molecule has 3 fully saturated rings. The maximum atomic E-state index is 13.4. The lowest BCUT2D eigenvalue weighted by Crippen LogP contribution is -2.63. The molecular weight excluding hydrogens is 755 g/mol. The molecule has 300 valence electrons. The molecule has 7 rings (SSSR count). The van der Waals surface area contributed by atoms with Gasteiger partial charge in [-0.3, -0.25) is 4.79 Å². The van der Waals surface area contributed by atoms with Crippen LogP contribution in [0.3, 0.4) is 0 Å². The number of hydrogen-bond donors (Lipinski definition) is 7. The molecule has 3 saturated heterocycles. The van der Waals surface area contributed by atoms with Gasteiger partial charge in [0.1, 0.15) is 24.4 Å². The molecule has 20 heteroatoms. The van der Waals surface area contributed by atoms with Gasteiger partial charge >= 0.3 is 12.8 Å². The SMILES string of the molecule is COc1cc([C@@H]2c3cc4c(cc3[C@@H](O[C@@H]3O[C@@H]5CO[C@@H](C)O[C@H]5[C@H](O)[C@H]3O)[C@H]3COC(=O)[C@H]23)OCO4)cc(OC)c1O.NCCCNCCSP(=O)(O)O. The third kappa shape index (κ3) is 8.72. The standard InChI is InChI=1S/C29H32O13.C5H15N2O3PS/c1-11-36-9-20-27(40-11)24(31)25(32)29(41-20)42-26-14-7-17-16(38-10-39-17)6-13(14)21(22-15(26)8-37-28(22)33)12-4-18(34-2)23(30)19(5-12)35-3;6-2-1-3-7-4-5-12-11(8,9)10/h4-7,11,15,20-22,24-27,29-32H,8-10H2,1-3H3;7H,1-6H2,(H2,8,9,10)/t11-,15+,20-,21-,22+,24-,25-,26-,27-,29+;/m1./s1. The molecule has 8 N–H and O–H groups in total. The van der Waals surface area contributed by atoms with Crippen LogP contribution in [0.15, 0.2) is 24.3 Å². The smallest absolute Gasteiger partial charge is 0.384 e. The molecule has 54 heavy (non-hydrogen) atoms. The lowest BCUT2D eigenvalue weighted by molar-refractivity contribution is -0.364. The molecule has 2 aromatic carbocycles. The van der Waals surface area contributed by atoms with E-state index in [0.717, 1.165) is 13.0 Å². The Hall–Kier alpha value is -2.91. The normalized spacial score (nSPS) is 31.0. The van der Waals surface area contributed by atoms with Crippen molar-refractivity contribution in [1.29, 1.82) is 0 Å². The molecule has 4 aliphatic heterocycles. The Balaban J connectivity index is 0.000000359. The zero-order chi connectivity index (χ0) is 38.7. The monoisotopic (exact) mass is 802 g/mol. The Morgan fingerprint density at radius 1 is 0.963 bits per heavy atom. The summed E-state index contributed by atoms with van der Waals surface area (Å²) in [6.45, 7) is 0.108. The van der Waals surface area contributed by atoms with Crippen LogP contribution >= 0.6 is 18.2 Å². The lowest BCUT2D eigenvalue weighted by Gasteiger charge is -2.47. The van der Waals surface area contributed by atoms with Crippen LogP contribution in [0.4, 0.5) is 0 Å². The molecule has 4 heterocycles. The number of aliphatic hydroxyl groups excluding tert-OH is 2. The number of phenols is 1. The van der Waals surface area contributed by atoms with Crippen molar-refractivity contribution >= 4 is 24.1 Å². The molecule has 0 saturated carbocycles. The number of cyclic esters (lactones) is 1. The number of aromatic hydroxyl groups is 1. The summed E-state index contributed by atoms with van der Waals surface area (Å²) >= 11 is 0.665. The van der Waals surface area contributed by atoms with Gasteiger partial charge in [0, 0.05) is 24.1 Å². The molecular formula is C34H47N2O16PS. The van der Waals surface area contributed by atoms with E-state index in [4.69, 9.17) is 58.2 Å². The number of esters is 1. The summed E-state index contributed by atoms with van der Waals surface area (Å²) in [5, 5.41) is 35.5. The zero-order valence-electron chi connectivity index (χ0n) is 29.9. The van der Waals surface area contributed by atoms with Gasteiger partial charge in [0.05, 0.1) is 39.5 Å². The van der Waals surface area contributed by atoms with Crippen LogP contribution in [0.25, 0.3) is 0 Å². The van der Waals surface area contributed by atoms with Crippen LogP contribution in [0.1, 0.15) is 42.1 Å². The fraction of sp³-hybridized carbons (Fsp3) is 0.618. The average Bonchev–Trinajstić information content (AvgIpc) is 3.77. The Kier molecular flexibility index (Phi) is 13.2. The summed E-state index contributed by atoms with van der Waals surface area (Å²) in [5.41, 5.74) is 7.26. The zero-order valence-corrected chi connectivity index (χ0v) is 31.6. The second-order valence-corrected chi connectivity index (χ2v) is 17.1. The number of fused-ring (bicyclic) bond motifs is 4. The van der Waals surface area contributed by atoms with Crippen molar-refractivity contribution in [1.82, 2.24) is 5.32 Å². The Bertz CT molecular complexity index is 1660. The van der Waals surface area contributed by atoms with Crippen molar-refractivity contribution in [2.24, 2.45) is 17.6 Å². The van der Waals surface area contributed by atoms with E-state index in [1.807, 2.05) is 0 Å². The third-order valence-corrected chi connectivity index (χ3v) is 12.1. The van der Waals surface area contributed by atoms with Gasteiger partial charge in [-0.1, -0.05) is 0 Å². The summed E-state index contributed by atoms with van der Waals surface area (Å²) in [6, 6.07) is 6.93. The fourth-order valence-electron chi connectivity index (χ4n) is 7.32. The molecule has 0 bridgehead atoms. The van der Waals surface area contributed by atoms with Crippen molar-refractivity contribution in [3.63, 3.8) is 0 Å². The van der Waals surface area contributed by atoms with E-state index in [1.54, 1.807) is 31.2 Å². The van der Waals surface area contributed by atoms with Crippen molar-refractivity contribution in [2.45, 2.75) is 62.4 Å². The number of methoxy groups -OCH3 is 2. The topological polar surface area (TPSA) is 256 Å². The molecule has 0 unspecified atom stereocenters. The van der Waals surface area contributed by atoms with E-state index in [0.29, 0.717) is 58.4 Å². The highest BCUT2D eigenvalue weighted by molar-refractivity contribution is 8.54. The number of rotatable bonds is 12. The van der Waals surface area contributed by atoms with Crippen LogP contribution in [-0.4, -0.2) is 128 Å². The number of carbonyl (C=O) groups excluding carboxylic acids is 1.